The molecule has 2 N–H and O–H groups in total. The molecular formula is C24H20O4. The molecule has 0 saturated carbocycles. The van der Waals surface area contributed by atoms with Crippen LogP contribution in [0.4, 0.5) is 0 Å². The fraction of sp³-hybridized carbons (Fsp3) is 0.125. The third kappa shape index (κ3) is 2.70. The second-order valence-electron chi connectivity index (χ2n) is 6.68. The van der Waals surface area contributed by atoms with Crippen molar-refractivity contribution in [2.75, 3.05) is 6.61 Å². The summed E-state index contributed by atoms with van der Waals surface area (Å²) in [7, 11) is 0. The van der Waals surface area contributed by atoms with Crippen LogP contribution in [0.25, 0.3) is 0 Å². The van der Waals surface area contributed by atoms with Crippen molar-refractivity contribution in [3.63, 3.8) is 0 Å². The SMILES string of the molecule is O=C1O[C@H](CO)C(O)=C1C(c1ccccc1)(c1ccccc1)c1ccccc1. The van der Waals surface area contributed by atoms with Crippen molar-refractivity contribution in [3.8, 4) is 0 Å². The highest BCUT2D eigenvalue weighted by Gasteiger charge is 2.50. The minimum atomic E-state index is -1.07. The fourth-order valence-corrected chi connectivity index (χ4v) is 3.98. The first-order valence-corrected chi connectivity index (χ1v) is 9.11. The average molecular weight is 372 g/mol. The van der Waals surface area contributed by atoms with E-state index in [0.29, 0.717) is 0 Å². The van der Waals surface area contributed by atoms with Gasteiger partial charge in [-0.2, -0.15) is 0 Å². The maximum absolute atomic E-state index is 13.0. The van der Waals surface area contributed by atoms with E-state index in [1.54, 1.807) is 0 Å². The molecule has 4 nitrogen and oxygen atoms in total. The van der Waals surface area contributed by atoms with Gasteiger partial charge in [-0.25, -0.2) is 4.79 Å². The molecule has 4 rings (SSSR count). The lowest BCUT2D eigenvalue weighted by molar-refractivity contribution is -0.142. The summed E-state index contributed by atoms with van der Waals surface area (Å²) in [5, 5.41) is 20.5. The van der Waals surface area contributed by atoms with Crippen LogP contribution in [-0.2, 0) is 14.9 Å². The van der Waals surface area contributed by atoms with Crippen LogP contribution in [0.3, 0.4) is 0 Å². The van der Waals surface area contributed by atoms with Crippen LogP contribution in [0.5, 0.6) is 0 Å². The van der Waals surface area contributed by atoms with E-state index >= 15 is 0 Å². The van der Waals surface area contributed by atoms with Gasteiger partial charge in [0.05, 0.1) is 17.6 Å². The number of benzene rings is 3. The molecule has 0 saturated heterocycles. The highest BCUT2D eigenvalue weighted by atomic mass is 16.6. The van der Waals surface area contributed by atoms with Crippen LogP contribution in [0, 0.1) is 0 Å². The quantitative estimate of drug-likeness (QED) is 0.529. The lowest BCUT2D eigenvalue weighted by atomic mass is 9.64. The van der Waals surface area contributed by atoms with E-state index in [4.69, 9.17) is 4.74 Å². The van der Waals surface area contributed by atoms with E-state index in [0.717, 1.165) is 16.7 Å². The second kappa shape index (κ2) is 7.33. The molecule has 28 heavy (non-hydrogen) atoms. The number of hydrogen-bond acceptors (Lipinski definition) is 4. The lowest BCUT2D eigenvalue weighted by Crippen LogP contribution is -2.35. The Kier molecular flexibility index (Phi) is 4.72. The Morgan fingerprint density at radius 1 is 0.750 bits per heavy atom. The first kappa shape index (κ1) is 18.0. The van der Waals surface area contributed by atoms with Crippen molar-refractivity contribution in [1.29, 1.82) is 0 Å². The molecule has 1 atom stereocenters. The van der Waals surface area contributed by atoms with Crippen molar-refractivity contribution in [3.05, 3.63) is 119 Å². The Morgan fingerprint density at radius 2 is 1.14 bits per heavy atom. The summed E-state index contributed by atoms with van der Waals surface area (Å²) in [5.74, 6) is -0.864. The Morgan fingerprint density at radius 3 is 1.46 bits per heavy atom. The normalized spacial score (nSPS) is 16.9. The Labute approximate surface area is 163 Å². The van der Waals surface area contributed by atoms with Gasteiger partial charge in [-0.05, 0) is 16.7 Å². The lowest BCUT2D eigenvalue weighted by Gasteiger charge is -2.36. The van der Waals surface area contributed by atoms with Gasteiger partial charge in [0.25, 0.3) is 0 Å². The summed E-state index contributed by atoms with van der Waals surface area (Å²) in [4.78, 5) is 13.0. The standard InChI is InChI=1S/C24H20O4/c25-16-20-22(26)21(23(27)28-20)24(17-10-4-1-5-11-17,18-12-6-2-7-13-18)19-14-8-3-9-15-19/h1-15,20,25-26H,16H2/t20-/m1/s1. The number of rotatable bonds is 5. The van der Waals surface area contributed by atoms with Gasteiger partial charge >= 0.3 is 5.97 Å². The van der Waals surface area contributed by atoms with Gasteiger partial charge in [-0.1, -0.05) is 91.0 Å². The summed E-state index contributed by atoms with van der Waals surface area (Å²) < 4.78 is 5.29. The van der Waals surface area contributed by atoms with Gasteiger partial charge in [-0.3, -0.25) is 0 Å². The topological polar surface area (TPSA) is 66.8 Å². The molecule has 1 heterocycles. The molecule has 0 fully saturated rings. The summed E-state index contributed by atoms with van der Waals surface area (Å²) >= 11 is 0. The third-order valence-electron chi connectivity index (χ3n) is 5.18. The molecule has 140 valence electrons. The molecule has 0 bridgehead atoms. The highest BCUT2D eigenvalue weighted by Crippen LogP contribution is 2.48. The van der Waals surface area contributed by atoms with E-state index in [1.165, 1.54) is 0 Å². The van der Waals surface area contributed by atoms with Gasteiger partial charge in [0, 0.05) is 0 Å². The highest BCUT2D eigenvalue weighted by molar-refractivity contribution is 5.97. The van der Waals surface area contributed by atoms with Crippen LogP contribution in [-0.4, -0.2) is 28.9 Å². The number of carbonyl (C=O) groups is 1. The first-order chi connectivity index (χ1) is 13.7. The van der Waals surface area contributed by atoms with Crippen LogP contribution in [0.1, 0.15) is 16.7 Å². The van der Waals surface area contributed by atoms with Crippen molar-refractivity contribution < 1.29 is 19.7 Å². The molecule has 0 amide bonds. The molecule has 0 aliphatic carbocycles. The summed E-state index contributed by atoms with van der Waals surface area (Å²) in [6.45, 7) is -0.477. The summed E-state index contributed by atoms with van der Waals surface area (Å²) in [6, 6.07) is 28.7. The molecule has 1 aliphatic rings. The molecule has 0 radical (unpaired) electrons. The molecule has 3 aromatic carbocycles. The number of cyclic esters (lactones) is 1. The zero-order chi connectivity index (χ0) is 19.6. The average Bonchev–Trinajstić information content (AvgIpc) is 3.05. The smallest absolute Gasteiger partial charge is 0.340 e. The van der Waals surface area contributed by atoms with Crippen molar-refractivity contribution in [2.45, 2.75) is 11.5 Å². The largest absolute Gasteiger partial charge is 0.508 e. The number of ether oxygens (including phenoxy) is 1. The third-order valence-corrected chi connectivity index (χ3v) is 5.18. The van der Waals surface area contributed by atoms with Crippen molar-refractivity contribution in [1.82, 2.24) is 0 Å². The molecule has 0 spiro atoms. The number of esters is 1. The minimum absolute atomic E-state index is 0.134. The number of aliphatic hydroxyl groups is 2. The van der Waals surface area contributed by atoms with Crippen LogP contribution in [0.15, 0.2) is 102 Å². The van der Waals surface area contributed by atoms with Crippen LogP contribution in [0.2, 0.25) is 0 Å². The van der Waals surface area contributed by atoms with E-state index in [1.807, 2.05) is 91.0 Å². The second-order valence-corrected chi connectivity index (χ2v) is 6.68. The molecule has 0 unspecified atom stereocenters. The zero-order valence-electron chi connectivity index (χ0n) is 15.2. The molecule has 3 aromatic rings. The van der Waals surface area contributed by atoms with Gasteiger partial charge < -0.3 is 14.9 Å². The Balaban J connectivity index is 2.15. The van der Waals surface area contributed by atoms with E-state index in [9.17, 15) is 15.0 Å². The summed E-state index contributed by atoms with van der Waals surface area (Å²) in [5.41, 5.74) is 1.53. The first-order valence-electron chi connectivity index (χ1n) is 9.11. The fourth-order valence-electron chi connectivity index (χ4n) is 3.98. The minimum Gasteiger partial charge on any atom is -0.508 e. The van der Waals surface area contributed by atoms with E-state index in [-0.39, 0.29) is 11.3 Å². The number of hydrogen-bond donors (Lipinski definition) is 2. The molecule has 4 heteroatoms. The van der Waals surface area contributed by atoms with E-state index in [2.05, 4.69) is 0 Å². The number of aliphatic hydroxyl groups excluding tert-OH is 2. The van der Waals surface area contributed by atoms with Gasteiger partial charge in [0.15, 0.2) is 6.10 Å². The summed E-state index contributed by atoms with van der Waals surface area (Å²) in [6.07, 6.45) is -1.06. The van der Waals surface area contributed by atoms with Gasteiger partial charge in [-0.15, -0.1) is 0 Å². The molecular weight excluding hydrogens is 352 g/mol. The van der Waals surface area contributed by atoms with Gasteiger partial charge in [0.1, 0.15) is 5.76 Å². The molecule has 0 aromatic heterocycles. The maximum atomic E-state index is 13.0. The van der Waals surface area contributed by atoms with E-state index < -0.39 is 24.1 Å². The zero-order valence-corrected chi connectivity index (χ0v) is 15.2. The van der Waals surface area contributed by atoms with Crippen molar-refractivity contribution >= 4 is 5.97 Å². The predicted molar refractivity (Wildman–Crippen MR) is 106 cm³/mol. The Bertz CT molecular complexity index is 898. The maximum Gasteiger partial charge on any atom is 0.340 e. The van der Waals surface area contributed by atoms with Crippen LogP contribution >= 0.6 is 0 Å². The monoisotopic (exact) mass is 372 g/mol. The number of carbonyl (C=O) groups excluding carboxylic acids is 1. The van der Waals surface area contributed by atoms with Crippen LogP contribution < -0.4 is 0 Å². The van der Waals surface area contributed by atoms with Gasteiger partial charge in [0.2, 0.25) is 0 Å². The Hall–Kier alpha value is -3.37. The predicted octanol–water partition coefficient (Wildman–Crippen LogP) is 3.75. The van der Waals surface area contributed by atoms with Crippen molar-refractivity contribution in [2.24, 2.45) is 0 Å². The molecule has 1 aliphatic heterocycles.